The van der Waals surface area contributed by atoms with E-state index in [-0.39, 0.29) is 18.3 Å². The highest BCUT2D eigenvalue weighted by molar-refractivity contribution is 7.99. The van der Waals surface area contributed by atoms with E-state index in [1.54, 1.807) is 6.26 Å². The molecule has 2 heterocycles. The topological polar surface area (TPSA) is 82.2 Å². The molecule has 0 aliphatic rings. The van der Waals surface area contributed by atoms with Gasteiger partial charge in [-0.25, -0.2) is 0 Å². The normalized spacial score (nSPS) is 10.8. The largest absolute Gasteiger partial charge is 0.486 e. The van der Waals surface area contributed by atoms with Crippen LogP contribution >= 0.6 is 11.8 Å². The van der Waals surface area contributed by atoms with Crippen LogP contribution in [0.4, 0.5) is 5.69 Å². The summed E-state index contributed by atoms with van der Waals surface area (Å²) in [5.74, 6) is 2.30. The number of hydrogen-bond donors (Lipinski definition) is 1. The molecule has 33 heavy (non-hydrogen) atoms. The molecule has 4 aromatic rings. The van der Waals surface area contributed by atoms with Crippen molar-refractivity contribution >= 4 is 23.4 Å². The average Bonchev–Trinajstić information content (AvgIpc) is 3.48. The maximum absolute atomic E-state index is 12.5. The van der Waals surface area contributed by atoms with Crippen LogP contribution in [0.15, 0.2) is 76.5 Å². The lowest BCUT2D eigenvalue weighted by Gasteiger charge is -2.10. The van der Waals surface area contributed by atoms with Crippen molar-refractivity contribution < 1.29 is 13.9 Å². The molecule has 0 aliphatic carbocycles. The Labute approximate surface area is 197 Å². The summed E-state index contributed by atoms with van der Waals surface area (Å²) in [5.41, 5.74) is 3.18. The molecular formula is C25H26N4O3S. The summed E-state index contributed by atoms with van der Waals surface area (Å²) in [5, 5.41) is 12.2. The van der Waals surface area contributed by atoms with E-state index >= 15 is 0 Å². The number of carbonyl (C=O) groups excluding carboxylic acids is 1. The predicted molar refractivity (Wildman–Crippen MR) is 129 cm³/mol. The Kier molecular flexibility index (Phi) is 7.47. The lowest BCUT2D eigenvalue weighted by Crippen LogP contribution is -2.15. The van der Waals surface area contributed by atoms with E-state index in [0.717, 1.165) is 23.6 Å². The molecule has 0 fully saturated rings. The molecule has 2 aromatic heterocycles. The SMILES string of the molecule is CCc1ccc(NC(=O)CSc2nnc(COc3ccc(C)cc3)n2Cc2ccco2)cc1. The summed E-state index contributed by atoms with van der Waals surface area (Å²) in [7, 11) is 0. The monoisotopic (exact) mass is 462 g/mol. The first-order chi connectivity index (χ1) is 16.1. The number of thioether (sulfide) groups is 1. The number of aromatic nitrogens is 3. The fourth-order valence-electron chi connectivity index (χ4n) is 3.18. The molecule has 8 heteroatoms. The smallest absolute Gasteiger partial charge is 0.234 e. The number of ether oxygens (including phenoxy) is 1. The van der Waals surface area contributed by atoms with Gasteiger partial charge in [-0.3, -0.25) is 9.36 Å². The van der Waals surface area contributed by atoms with Gasteiger partial charge in [-0.15, -0.1) is 10.2 Å². The molecule has 2 aromatic carbocycles. The van der Waals surface area contributed by atoms with Crippen molar-refractivity contribution in [3.05, 3.63) is 89.6 Å². The van der Waals surface area contributed by atoms with Crippen molar-refractivity contribution in [2.45, 2.75) is 38.6 Å². The molecule has 0 aliphatic heterocycles. The first-order valence-electron chi connectivity index (χ1n) is 10.8. The predicted octanol–water partition coefficient (Wildman–Crippen LogP) is 5.10. The van der Waals surface area contributed by atoms with Gasteiger partial charge in [-0.2, -0.15) is 0 Å². The summed E-state index contributed by atoms with van der Waals surface area (Å²) in [6, 6.07) is 19.5. The molecule has 7 nitrogen and oxygen atoms in total. The van der Waals surface area contributed by atoms with Gasteiger partial charge in [0.05, 0.1) is 18.6 Å². The Balaban J connectivity index is 1.42. The standard InChI is InChI=1S/C25H26N4O3S/c1-3-19-8-10-20(11-9-19)26-24(30)17-33-25-28-27-23(29(25)15-22-5-4-14-31-22)16-32-21-12-6-18(2)7-13-21/h4-14H,3,15-17H2,1-2H3,(H,26,30). The van der Waals surface area contributed by atoms with Gasteiger partial charge in [0.2, 0.25) is 5.91 Å². The van der Waals surface area contributed by atoms with Gasteiger partial charge in [-0.05, 0) is 55.3 Å². The van der Waals surface area contributed by atoms with E-state index in [4.69, 9.17) is 9.15 Å². The maximum atomic E-state index is 12.5. The first-order valence-corrected chi connectivity index (χ1v) is 11.7. The zero-order chi connectivity index (χ0) is 23.0. The van der Waals surface area contributed by atoms with Crippen molar-refractivity contribution in [1.82, 2.24) is 14.8 Å². The highest BCUT2D eigenvalue weighted by Gasteiger charge is 2.16. The second kappa shape index (κ2) is 10.9. The molecular weight excluding hydrogens is 436 g/mol. The van der Waals surface area contributed by atoms with Gasteiger partial charge >= 0.3 is 0 Å². The van der Waals surface area contributed by atoms with Gasteiger partial charge < -0.3 is 14.5 Å². The van der Waals surface area contributed by atoms with Crippen molar-refractivity contribution in [3.63, 3.8) is 0 Å². The number of benzene rings is 2. The molecule has 1 N–H and O–H groups in total. The summed E-state index contributed by atoms with van der Waals surface area (Å²) in [4.78, 5) is 12.5. The van der Waals surface area contributed by atoms with Crippen LogP contribution in [-0.2, 0) is 24.4 Å². The van der Waals surface area contributed by atoms with E-state index in [9.17, 15) is 4.79 Å². The Morgan fingerprint density at radius 3 is 2.58 bits per heavy atom. The fourth-order valence-corrected chi connectivity index (χ4v) is 3.94. The summed E-state index contributed by atoms with van der Waals surface area (Å²) in [6.07, 6.45) is 2.59. The van der Waals surface area contributed by atoms with Crippen LogP contribution in [0.25, 0.3) is 0 Å². The Bertz CT molecular complexity index is 1170. The van der Waals surface area contributed by atoms with Crippen molar-refractivity contribution in [1.29, 1.82) is 0 Å². The molecule has 0 unspecified atom stereocenters. The highest BCUT2D eigenvalue weighted by atomic mass is 32.2. The van der Waals surface area contributed by atoms with E-state index < -0.39 is 0 Å². The summed E-state index contributed by atoms with van der Waals surface area (Å²) < 4.78 is 13.3. The lowest BCUT2D eigenvalue weighted by molar-refractivity contribution is -0.113. The summed E-state index contributed by atoms with van der Waals surface area (Å²) >= 11 is 1.33. The zero-order valence-corrected chi connectivity index (χ0v) is 19.5. The van der Waals surface area contributed by atoms with Crippen molar-refractivity contribution in [3.8, 4) is 5.75 Å². The van der Waals surface area contributed by atoms with E-state index in [2.05, 4.69) is 22.4 Å². The fraction of sp³-hybridized carbons (Fsp3) is 0.240. The summed E-state index contributed by atoms with van der Waals surface area (Å²) in [6.45, 7) is 4.84. The Morgan fingerprint density at radius 2 is 1.88 bits per heavy atom. The number of nitrogens with zero attached hydrogens (tertiary/aromatic N) is 3. The number of amides is 1. The number of hydrogen-bond acceptors (Lipinski definition) is 6. The minimum absolute atomic E-state index is 0.103. The molecule has 0 bridgehead atoms. The van der Waals surface area contributed by atoms with Gasteiger partial charge in [-0.1, -0.05) is 48.5 Å². The number of anilines is 1. The Morgan fingerprint density at radius 1 is 1.09 bits per heavy atom. The van der Waals surface area contributed by atoms with Gasteiger partial charge in [0.15, 0.2) is 11.0 Å². The van der Waals surface area contributed by atoms with Crippen LogP contribution in [0.2, 0.25) is 0 Å². The minimum atomic E-state index is -0.103. The number of carbonyl (C=O) groups is 1. The van der Waals surface area contributed by atoms with E-state index in [0.29, 0.717) is 17.5 Å². The molecule has 4 rings (SSSR count). The van der Waals surface area contributed by atoms with E-state index in [1.807, 2.05) is 72.2 Å². The van der Waals surface area contributed by atoms with Crippen LogP contribution in [-0.4, -0.2) is 26.4 Å². The van der Waals surface area contributed by atoms with Crippen LogP contribution in [0, 0.1) is 6.92 Å². The first kappa shape index (κ1) is 22.7. The lowest BCUT2D eigenvalue weighted by atomic mass is 10.1. The van der Waals surface area contributed by atoms with E-state index in [1.165, 1.54) is 22.9 Å². The number of furan rings is 1. The van der Waals surface area contributed by atoms with Gasteiger partial charge in [0.1, 0.15) is 18.1 Å². The van der Waals surface area contributed by atoms with Crippen molar-refractivity contribution in [2.24, 2.45) is 0 Å². The molecule has 0 radical (unpaired) electrons. The Hall–Kier alpha value is -3.52. The molecule has 0 saturated heterocycles. The van der Waals surface area contributed by atoms with Crippen LogP contribution in [0.5, 0.6) is 5.75 Å². The molecule has 0 spiro atoms. The third-order valence-electron chi connectivity index (χ3n) is 5.05. The third kappa shape index (κ3) is 6.26. The van der Waals surface area contributed by atoms with Crippen molar-refractivity contribution in [2.75, 3.05) is 11.1 Å². The van der Waals surface area contributed by atoms with Crippen LogP contribution < -0.4 is 10.1 Å². The number of nitrogens with one attached hydrogen (secondary N) is 1. The van der Waals surface area contributed by atoms with Gasteiger partial charge in [0, 0.05) is 5.69 Å². The maximum Gasteiger partial charge on any atom is 0.234 e. The van der Waals surface area contributed by atoms with Gasteiger partial charge in [0.25, 0.3) is 0 Å². The minimum Gasteiger partial charge on any atom is -0.486 e. The quantitative estimate of drug-likeness (QED) is 0.330. The second-order valence-electron chi connectivity index (χ2n) is 7.55. The molecule has 0 saturated carbocycles. The number of aryl methyl sites for hydroxylation is 2. The highest BCUT2D eigenvalue weighted by Crippen LogP contribution is 2.21. The third-order valence-corrected chi connectivity index (χ3v) is 6.02. The molecule has 170 valence electrons. The second-order valence-corrected chi connectivity index (χ2v) is 8.50. The van der Waals surface area contributed by atoms with Crippen LogP contribution in [0.1, 0.15) is 29.6 Å². The molecule has 0 atom stereocenters. The zero-order valence-electron chi connectivity index (χ0n) is 18.7. The number of rotatable bonds is 10. The van der Waals surface area contributed by atoms with Crippen LogP contribution in [0.3, 0.4) is 0 Å². The average molecular weight is 463 g/mol. The molecule has 1 amide bonds.